The van der Waals surface area contributed by atoms with E-state index in [0.29, 0.717) is 17.1 Å². The summed E-state index contributed by atoms with van der Waals surface area (Å²) in [5.74, 6) is 0.323. The van der Waals surface area contributed by atoms with E-state index in [1.807, 2.05) is 64.1 Å². The SMILES string of the molecule is Cc1ccc(OCC(=O)Nc2ccc(S(=O)(=O)Nc3c(C)cccc3C)cc2)c(C)c1. The van der Waals surface area contributed by atoms with Gasteiger partial charge in [-0.15, -0.1) is 0 Å². The van der Waals surface area contributed by atoms with Crippen LogP contribution in [0.5, 0.6) is 5.75 Å². The number of anilines is 2. The van der Waals surface area contributed by atoms with Crippen LogP contribution in [-0.2, 0) is 14.8 Å². The molecule has 1 amide bonds. The Morgan fingerprint density at radius 2 is 1.52 bits per heavy atom. The molecule has 0 saturated carbocycles. The van der Waals surface area contributed by atoms with Crippen molar-refractivity contribution in [1.82, 2.24) is 0 Å². The number of carbonyl (C=O) groups excluding carboxylic acids is 1. The van der Waals surface area contributed by atoms with E-state index in [9.17, 15) is 13.2 Å². The lowest BCUT2D eigenvalue weighted by Crippen LogP contribution is -2.20. The number of sulfonamides is 1. The van der Waals surface area contributed by atoms with Crippen LogP contribution in [0, 0.1) is 27.7 Å². The van der Waals surface area contributed by atoms with Crippen LogP contribution in [0.15, 0.2) is 65.6 Å². The summed E-state index contributed by atoms with van der Waals surface area (Å²) in [6.45, 7) is 7.47. The second-order valence-electron chi connectivity index (χ2n) is 7.50. The number of aryl methyl sites for hydroxylation is 4. The number of rotatable bonds is 7. The van der Waals surface area contributed by atoms with Gasteiger partial charge in [-0.1, -0.05) is 35.9 Å². The summed E-state index contributed by atoms with van der Waals surface area (Å²) in [7, 11) is -3.75. The molecule has 6 nitrogen and oxygen atoms in total. The molecular weight excluding hydrogens is 412 g/mol. The van der Waals surface area contributed by atoms with Crippen molar-refractivity contribution in [1.29, 1.82) is 0 Å². The maximum Gasteiger partial charge on any atom is 0.262 e. The molecule has 0 heterocycles. The maximum atomic E-state index is 12.7. The minimum Gasteiger partial charge on any atom is -0.483 e. The monoisotopic (exact) mass is 438 g/mol. The van der Waals surface area contributed by atoms with E-state index in [1.54, 1.807) is 12.1 Å². The molecular formula is C24H26N2O4S. The Kier molecular flexibility index (Phi) is 6.65. The van der Waals surface area contributed by atoms with Crippen molar-refractivity contribution in [3.05, 3.63) is 82.9 Å². The average molecular weight is 439 g/mol. The van der Waals surface area contributed by atoms with Gasteiger partial charge >= 0.3 is 0 Å². The fourth-order valence-corrected chi connectivity index (χ4v) is 4.39. The van der Waals surface area contributed by atoms with Gasteiger partial charge in [-0.25, -0.2) is 8.42 Å². The summed E-state index contributed by atoms with van der Waals surface area (Å²) in [5.41, 5.74) is 4.83. The van der Waals surface area contributed by atoms with Gasteiger partial charge in [0.15, 0.2) is 6.61 Å². The molecule has 0 radical (unpaired) electrons. The van der Waals surface area contributed by atoms with E-state index < -0.39 is 10.0 Å². The van der Waals surface area contributed by atoms with Gasteiger partial charge in [0.2, 0.25) is 0 Å². The van der Waals surface area contributed by atoms with Crippen molar-refractivity contribution in [3.63, 3.8) is 0 Å². The predicted octanol–water partition coefficient (Wildman–Crippen LogP) is 4.74. The zero-order valence-corrected chi connectivity index (χ0v) is 18.8. The van der Waals surface area contributed by atoms with Crippen LogP contribution >= 0.6 is 0 Å². The number of benzene rings is 3. The van der Waals surface area contributed by atoms with E-state index in [4.69, 9.17) is 4.74 Å². The summed E-state index contributed by atoms with van der Waals surface area (Å²) >= 11 is 0. The molecule has 162 valence electrons. The van der Waals surface area contributed by atoms with Gasteiger partial charge in [-0.3, -0.25) is 9.52 Å². The lowest BCUT2D eigenvalue weighted by Gasteiger charge is -2.14. The summed E-state index contributed by atoms with van der Waals surface area (Å²) in [6.07, 6.45) is 0. The first-order valence-corrected chi connectivity index (χ1v) is 11.3. The number of carbonyl (C=O) groups is 1. The number of hydrogen-bond donors (Lipinski definition) is 2. The summed E-state index contributed by atoms with van der Waals surface area (Å²) in [5, 5.41) is 2.71. The average Bonchev–Trinajstić information content (AvgIpc) is 2.71. The van der Waals surface area contributed by atoms with Crippen LogP contribution in [0.25, 0.3) is 0 Å². The Morgan fingerprint density at radius 1 is 0.871 bits per heavy atom. The van der Waals surface area contributed by atoms with E-state index in [0.717, 1.165) is 22.3 Å². The Balaban J connectivity index is 1.63. The van der Waals surface area contributed by atoms with Crippen LogP contribution in [0.1, 0.15) is 22.3 Å². The Morgan fingerprint density at radius 3 is 2.13 bits per heavy atom. The lowest BCUT2D eigenvalue weighted by atomic mass is 10.1. The van der Waals surface area contributed by atoms with E-state index >= 15 is 0 Å². The minimum atomic E-state index is -3.75. The smallest absolute Gasteiger partial charge is 0.262 e. The normalized spacial score (nSPS) is 11.1. The molecule has 0 atom stereocenters. The highest BCUT2D eigenvalue weighted by molar-refractivity contribution is 7.92. The third-order valence-electron chi connectivity index (χ3n) is 4.86. The number of amides is 1. The summed E-state index contributed by atoms with van der Waals surface area (Å²) in [6, 6.07) is 17.3. The molecule has 3 aromatic rings. The third kappa shape index (κ3) is 5.64. The van der Waals surface area contributed by atoms with E-state index in [-0.39, 0.29) is 17.4 Å². The molecule has 2 N–H and O–H groups in total. The van der Waals surface area contributed by atoms with Gasteiger partial charge in [0.1, 0.15) is 5.75 Å². The number of ether oxygens (including phenoxy) is 1. The first-order chi connectivity index (χ1) is 14.7. The molecule has 0 saturated heterocycles. The van der Waals surface area contributed by atoms with Gasteiger partial charge in [0.25, 0.3) is 15.9 Å². The molecule has 0 unspecified atom stereocenters. The van der Waals surface area contributed by atoms with E-state index in [1.165, 1.54) is 12.1 Å². The number of para-hydroxylation sites is 1. The van der Waals surface area contributed by atoms with Crippen molar-refractivity contribution >= 4 is 27.3 Å². The summed E-state index contributed by atoms with van der Waals surface area (Å²) < 4.78 is 33.7. The number of hydrogen-bond acceptors (Lipinski definition) is 4. The van der Waals surface area contributed by atoms with Crippen molar-refractivity contribution in [3.8, 4) is 5.75 Å². The van der Waals surface area contributed by atoms with Gasteiger partial charge in [0.05, 0.1) is 10.6 Å². The van der Waals surface area contributed by atoms with E-state index in [2.05, 4.69) is 10.0 Å². The highest BCUT2D eigenvalue weighted by Crippen LogP contribution is 2.24. The van der Waals surface area contributed by atoms with Gasteiger partial charge in [-0.05, 0) is 74.7 Å². The molecule has 0 fully saturated rings. The quantitative estimate of drug-likeness (QED) is 0.558. The first-order valence-electron chi connectivity index (χ1n) is 9.85. The first kappa shape index (κ1) is 22.4. The van der Waals surface area contributed by atoms with Gasteiger partial charge < -0.3 is 10.1 Å². The summed E-state index contributed by atoms with van der Waals surface area (Å²) in [4.78, 5) is 12.3. The van der Waals surface area contributed by atoms with Crippen LogP contribution < -0.4 is 14.8 Å². The molecule has 3 aromatic carbocycles. The Hall–Kier alpha value is -3.32. The highest BCUT2D eigenvalue weighted by Gasteiger charge is 2.16. The lowest BCUT2D eigenvalue weighted by molar-refractivity contribution is -0.118. The van der Waals surface area contributed by atoms with Crippen LogP contribution in [-0.4, -0.2) is 20.9 Å². The van der Waals surface area contributed by atoms with Crippen molar-refractivity contribution in [2.45, 2.75) is 32.6 Å². The highest BCUT2D eigenvalue weighted by atomic mass is 32.2. The zero-order valence-electron chi connectivity index (χ0n) is 18.0. The maximum absolute atomic E-state index is 12.7. The fraction of sp³-hybridized carbons (Fsp3) is 0.208. The van der Waals surface area contributed by atoms with Gasteiger partial charge in [-0.2, -0.15) is 0 Å². The largest absolute Gasteiger partial charge is 0.483 e. The second-order valence-corrected chi connectivity index (χ2v) is 9.18. The molecule has 0 spiro atoms. The minimum absolute atomic E-state index is 0.111. The molecule has 31 heavy (non-hydrogen) atoms. The predicted molar refractivity (Wildman–Crippen MR) is 123 cm³/mol. The van der Waals surface area contributed by atoms with Crippen LogP contribution in [0.4, 0.5) is 11.4 Å². The molecule has 3 rings (SSSR count). The third-order valence-corrected chi connectivity index (χ3v) is 6.22. The van der Waals surface area contributed by atoms with Crippen LogP contribution in [0.2, 0.25) is 0 Å². The van der Waals surface area contributed by atoms with Crippen LogP contribution in [0.3, 0.4) is 0 Å². The fourth-order valence-electron chi connectivity index (χ4n) is 3.19. The standard InChI is InChI=1S/C24H26N2O4S/c1-16-8-13-22(19(4)14-16)30-15-23(27)25-20-9-11-21(12-10-20)31(28,29)26-24-17(2)6-5-7-18(24)3/h5-14,26H,15H2,1-4H3,(H,25,27). The Bertz CT molecular complexity index is 1180. The molecule has 0 aliphatic rings. The molecule has 0 bridgehead atoms. The van der Waals surface area contributed by atoms with Gasteiger partial charge in [0, 0.05) is 5.69 Å². The molecule has 7 heteroatoms. The van der Waals surface area contributed by atoms with Crippen molar-refractivity contribution < 1.29 is 17.9 Å². The molecule has 0 aromatic heterocycles. The topological polar surface area (TPSA) is 84.5 Å². The molecule has 0 aliphatic carbocycles. The zero-order chi connectivity index (χ0) is 22.6. The van der Waals surface area contributed by atoms with Crippen molar-refractivity contribution in [2.75, 3.05) is 16.6 Å². The number of nitrogens with one attached hydrogen (secondary N) is 2. The van der Waals surface area contributed by atoms with Crippen molar-refractivity contribution in [2.24, 2.45) is 0 Å². The molecule has 0 aliphatic heterocycles. The Labute approximate surface area is 183 Å². The second kappa shape index (κ2) is 9.22.